The van der Waals surface area contributed by atoms with E-state index in [1.807, 2.05) is 0 Å². The molecule has 0 radical (unpaired) electrons. The van der Waals surface area contributed by atoms with Crippen LogP contribution < -0.4 is 10.1 Å². The Bertz CT molecular complexity index is 590. The molecule has 1 aliphatic heterocycles. The zero-order valence-electron chi connectivity index (χ0n) is 11.6. The molecule has 1 aliphatic rings. The van der Waals surface area contributed by atoms with E-state index in [0.717, 1.165) is 4.90 Å². The van der Waals surface area contributed by atoms with Crippen LogP contribution in [-0.4, -0.2) is 41.3 Å². The maximum atomic E-state index is 13.5. The highest BCUT2D eigenvalue weighted by atomic mass is 19.1. The largest absolute Gasteiger partial charge is 0.478 e. The molecule has 0 saturated carbocycles. The van der Waals surface area contributed by atoms with E-state index in [0.29, 0.717) is 0 Å². The number of ether oxygens (including phenoxy) is 1. The van der Waals surface area contributed by atoms with E-state index in [-0.39, 0.29) is 12.3 Å². The number of nitrogens with zero attached hydrogens (tertiary/aromatic N) is 1. The van der Waals surface area contributed by atoms with Gasteiger partial charge in [-0.15, -0.1) is 0 Å². The van der Waals surface area contributed by atoms with E-state index in [1.165, 1.54) is 32.0 Å². The maximum Gasteiger partial charge on any atom is 0.264 e. The molecule has 2 rings (SSSR count). The first-order valence-corrected chi connectivity index (χ1v) is 6.45. The molecule has 0 aromatic heterocycles. The summed E-state index contributed by atoms with van der Waals surface area (Å²) in [4.78, 5) is 36.2. The van der Waals surface area contributed by atoms with Gasteiger partial charge in [0.05, 0.1) is 0 Å². The summed E-state index contributed by atoms with van der Waals surface area (Å²) in [5.41, 5.74) is 0. The summed E-state index contributed by atoms with van der Waals surface area (Å²) in [7, 11) is 0. The summed E-state index contributed by atoms with van der Waals surface area (Å²) in [6, 6.07) is 4.92. The van der Waals surface area contributed by atoms with Gasteiger partial charge in [-0.2, -0.15) is 0 Å². The van der Waals surface area contributed by atoms with Gasteiger partial charge < -0.3 is 9.64 Å². The SMILES string of the molecule is CC(Oc1ccccc1F)C(=O)N1CC(=O)NC(=O)C1C. The third-order valence-electron chi connectivity index (χ3n) is 3.19. The molecule has 1 aromatic carbocycles. The summed E-state index contributed by atoms with van der Waals surface area (Å²) in [5.74, 6) is -2.28. The fourth-order valence-electron chi connectivity index (χ4n) is 2.00. The standard InChI is InChI=1S/C14H15FN2O4/c1-8-13(19)16-12(18)7-17(8)14(20)9(2)21-11-6-4-3-5-10(11)15/h3-6,8-9H,7H2,1-2H3,(H,16,18,19). The number of imide groups is 1. The Morgan fingerprint density at radius 1 is 1.43 bits per heavy atom. The minimum absolute atomic E-state index is 0.0567. The van der Waals surface area contributed by atoms with Gasteiger partial charge in [-0.25, -0.2) is 4.39 Å². The first-order valence-electron chi connectivity index (χ1n) is 6.45. The van der Waals surface area contributed by atoms with Gasteiger partial charge in [0, 0.05) is 0 Å². The van der Waals surface area contributed by atoms with Crippen molar-refractivity contribution in [2.24, 2.45) is 0 Å². The number of piperazine rings is 1. The molecule has 0 bridgehead atoms. The number of benzene rings is 1. The van der Waals surface area contributed by atoms with E-state index < -0.39 is 35.7 Å². The zero-order valence-corrected chi connectivity index (χ0v) is 11.6. The van der Waals surface area contributed by atoms with Crippen molar-refractivity contribution in [3.05, 3.63) is 30.1 Å². The van der Waals surface area contributed by atoms with Crippen LogP contribution in [0.15, 0.2) is 24.3 Å². The third-order valence-corrected chi connectivity index (χ3v) is 3.19. The Labute approximate surface area is 120 Å². The predicted molar refractivity (Wildman–Crippen MR) is 70.8 cm³/mol. The summed E-state index contributed by atoms with van der Waals surface area (Å²) >= 11 is 0. The molecule has 2 atom stereocenters. The van der Waals surface area contributed by atoms with Gasteiger partial charge in [0.25, 0.3) is 5.91 Å². The third kappa shape index (κ3) is 3.18. The van der Waals surface area contributed by atoms with Crippen molar-refractivity contribution in [1.29, 1.82) is 0 Å². The molecule has 21 heavy (non-hydrogen) atoms. The quantitative estimate of drug-likeness (QED) is 0.822. The smallest absolute Gasteiger partial charge is 0.264 e. The molecule has 0 aliphatic carbocycles. The van der Waals surface area contributed by atoms with Crippen LogP contribution in [0.3, 0.4) is 0 Å². The predicted octanol–water partition coefficient (Wildman–Crippen LogP) is 0.466. The van der Waals surface area contributed by atoms with E-state index >= 15 is 0 Å². The Balaban J connectivity index is 2.10. The molecular formula is C14H15FN2O4. The average molecular weight is 294 g/mol. The minimum Gasteiger partial charge on any atom is -0.478 e. The molecule has 7 heteroatoms. The minimum atomic E-state index is -1.01. The van der Waals surface area contributed by atoms with Gasteiger partial charge in [-0.1, -0.05) is 12.1 Å². The fourth-order valence-corrected chi connectivity index (χ4v) is 2.00. The summed E-state index contributed by atoms with van der Waals surface area (Å²) in [5, 5.41) is 2.14. The second-order valence-electron chi connectivity index (χ2n) is 4.75. The monoisotopic (exact) mass is 294 g/mol. The number of hydrogen-bond donors (Lipinski definition) is 1. The number of rotatable bonds is 3. The van der Waals surface area contributed by atoms with Crippen LogP contribution in [0, 0.1) is 5.82 Å². The Kier molecular flexibility index (Phi) is 4.21. The second-order valence-corrected chi connectivity index (χ2v) is 4.75. The van der Waals surface area contributed by atoms with Crippen LogP contribution in [0.5, 0.6) is 5.75 Å². The molecule has 3 amide bonds. The molecule has 1 N–H and O–H groups in total. The molecule has 0 spiro atoms. The number of hydrogen-bond acceptors (Lipinski definition) is 4. The van der Waals surface area contributed by atoms with Crippen LogP contribution in [-0.2, 0) is 14.4 Å². The van der Waals surface area contributed by atoms with Crippen molar-refractivity contribution in [3.8, 4) is 5.75 Å². The van der Waals surface area contributed by atoms with Crippen LogP contribution >= 0.6 is 0 Å². The highest BCUT2D eigenvalue weighted by molar-refractivity contribution is 6.04. The van der Waals surface area contributed by atoms with E-state index in [1.54, 1.807) is 6.07 Å². The summed E-state index contributed by atoms with van der Waals surface area (Å²) in [6.45, 7) is 2.73. The fraction of sp³-hybridized carbons (Fsp3) is 0.357. The Morgan fingerprint density at radius 3 is 2.76 bits per heavy atom. The van der Waals surface area contributed by atoms with E-state index in [4.69, 9.17) is 4.74 Å². The van der Waals surface area contributed by atoms with Crippen molar-refractivity contribution >= 4 is 17.7 Å². The molecule has 1 saturated heterocycles. The molecule has 6 nitrogen and oxygen atoms in total. The van der Waals surface area contributed by atoms with E-state index in [2.05, 4.69) is 5.32 Å². The molecule has 2 unspecified atom stereocenters. The normalized spacial score (nSPS) is 20.0. The second kappa shape index (κ2) is 5.90. The van der Waals surface area contributed by atoms with Gasteiger partial charge in [0.2, 0.25) is 11.8 Å². The van der Waals surface area contributed by atoms with Gasteiger partial charge in [0.1, 0.15) is 12.6 Å². The number of carbonyl (C=O) groups is 3. The van der Waals surface area contributed by atoms with Gasteiger partial charge in [-0.3, -0.25) is 19.7 Å². The summed E-state index contributed by atoms with van der Waals surface area (Å²) < 4.78 is 18.8. The number of carbonyl (C=O) groups excluding carboxylic acids is 3. The van der Waals surface area contributed by atoms with Crippen LogP contribution in [0.1, 0.15) is 13.8 Å². The molecule has 112 valence electrons. The Morgan fingerprint density at radius 2 is 2.10 bits per heavy atom. The lowest BCUT2D eigenvalue weighted by atomic mass is 10.1. The Hall–Kier alpha value is -2.44. The number of nitrogens with one attached hydrogen (secondary N) is 1. The molecule has 1 aromatic rings. The van der Waals surface area contributed by atoms with Gasteiger partial charge in [-0.05, 0) is 26.0 Å². The lowest BCUT2D eigenvalue weighted by Crippen LogP contribution is -2.60. The molecular weight excluding hydrogens is 279 g/mol. The maximum absolute atomic E-state index is 13.5. The molecule has 1 heterocycles. The first-order chi connectivity index (χ1) is 9.90. The van der Waals surface area contributed by atoms with E-state index in [9.17, 15) is 18.8 Å². The van der Waals surface area contributed by atoms with Gasteiger partial charge >= 0.3 is 0 Å². The highest BCUT2D eigenvalue weighted by Crippen LogP contribution is 2.18. The zero-order chi connectivity index (χ0) is 15.6. The van der Waals surface area contributed by atoms with Crippen LogP contribution in [0.4, 0.5) is 4.39 Å². The lowest BCUT2D eigenvalue weighted by molar-refractivity contribution is -0.152. The van der Waals surface area contributed by atoms with Gasteiger partial charge in [0.15, 0.2) is 17.7 Å². The highest BCUT2D eigenvalue weighted by Gasteiger charge is 2.36. The van der Waals surface area contributed by atoms with Crippen molar-refractivity contribution < 1.29 is 23.5 Å². The average Bonchev–Trinajstić information content (AvgIpc) is 2.44. The van der Waals surface area contributed by atoms with Crippen LogP contribution in [0.25, 0.3) is 0 Å². The topological polar surface area (TPSA) is 75.7 Å². The van der Waals surface area contributed by atoms with Crippen molar-refractivity contribution in [3.63, 3.8) is 0 Å². The van der Waals surface area contributed by atoms with Crippen molar-refractivity contribution in [1.82, 2.24) is 10.2 Å². The molecule has 1 fully saturated rings. The number of para-hydroxylation sites is 1. The van der Waals surface area contributed by atoms with Crippen LogP contribution in [0.2, 0.25) is 0 Å². The first kappa shape index (κ1) is 15.0. The van der Waals surface area contributed by atoms with Crippen molar-refractivity contribution in [2.45, 2.75) is 26.0 Å². The number of halogens is 1. The lowest BCUT2D eigenvalue weighted by Gasteiger charge is -2.33. The number of amides is 3. The summed E-state index contributed by atoms with van der Waals surface area (Å²) in [6.07, 6.45) is -1.01. The van der Waals surface area contributed by atoms with Crippen molar-refractivity contribution in [2.75, 3.05) is 6.54 Å².